The number of carbonyl (C=O) groups is 1. The van der Waals surface area contributed by atoms with Gasteiger partial charge < -0.3 is 19.3 Å². The largest absolute Gasteiger partial charge is 0.465 e. The molecule has 5 nitrogen and oxygen atoms in total. The minimum Gasteiger partial charge on any atom is -0.465 e. The summed E-state index contributed by atoms with van der Waals surface area (Å²) in [6.45, 7) is 19.4. The van der Waals surface area contributed by atoms with Gasteiger partial charge in [-0.15, -0.1) is 0 Å². The molecule has 1 saturated heterocycles. The molecule has 1 spiro atoms. The number of hydrogen-bond acceptors (Lipinski definition) is 5. The predicted octanol–water partition coefficient (Wildman–Crippen LogP) is 4.40. The van der Waals surface area contributed by atoms with Gasteiger partial charge in [-0.05, 0) is 62.0 Å². The van der Waals surface area contributed by atoms with Crippen LogP contribution in [0, 0.1) is 34.0 Å². The summed E-state index contributed by atoms with van der Waals surface area (Å²) in [7, 11) is 0. The van der Waals surface area contributed by atoms with E-state index in [1.807, 2.05) is 13.8 Å². The smallest absolute Gasteiger partial charge is 0.302 e. The summed E-state index contributed by atoms with van der Waals surface area (Å²) in [5.74, 6) is -0.752. The molecule has 0 aromatic carbocycles. The van der Waals surface area contributed by atoms with Crippen LogP contribution >= 0.6 is 0 Å². The fourth-order valence-corrected chi connectivity index (χ4v) is 8.81. The zero-order valence-electron chi connectivity index (χ0n) is 19.7. The zero-order chi connectivity index (χ0) is 22.6. The molecule has 31 heavy (non-hydrogen) atoms. The Morgan fingerprint density at radius 3 is 2.55 bits per heavy atom. The second-order valence-electron chi connectivity index (χ2n) is 12.0. The second kappa shape index (κ2) is 6.45. The summed E-state index contributed by atoms with van der Waals surface area (Å²) >= 11 is 0. The molecular weight excluding hydrogens is 392 g/mol. The van der Waals surface area contributed by atoms with E-state index in [2.05, 4.69) is 27.0 Å². The maximum absolute atomic E-state index is 11.9. The van der Waals surface area contributed by atoms with E-state index in [1.165, 1.54) is 6.92 Å². The lowest BCUT2D eigenvalue weighted by atomic mass is 9.38. The molecule has 5 fully saturated rings. The average Bonchev–Trinajstić information content (AvgIpc) is 2.79. The number of aliphatic hydroxyl groups is 1. The Labute approximate surface area is 186 Å². The molecule has 5 aliphatic rings. The summed E-state index contributed by atoms with van der Waals surface area (Å²) in [4.78, 5) is 11.9. The van der Waals surface area contributed by atoms with Crippen molar-refractivity contribution in [3.63, 3.8) is 0 Å². The van der Waals surface area contributed by atoms with E-state index in [4.69, 9.17) is 14.2 Å². The quantitative estimate of drug-likeness (QED) is 0.658. The van der Waals surface area contributed by atoms with Gasteiger partial charge in [0.05, 0.1) is 30.3 Å². The first-order chi connectivity index (χ1) is 14.4. The van der Waals surface area contributed by atoms with Gasteiger partial charge >= 0.3 is 5.97 Å². The molecule has 8 atom stereocenters. The third kappa shape index (κ3) is 2.63. The van der Waals surface area contributed by atoms with Crippen molar-refractivity contribution in [1.82, 2.24) is 0 Å². The van der Waals surface area contributed by atoms with E-state index in [0.717, 1.165) is 36.8 Å². The van der Waals surface area contributed by atoms with Gasteiger partial charge in [0.25, 0.3) is 0 Å². The van der Waals surface area contributed by atoms with Crippen LogP contribution < -0.4 is 0 Å². The third-order valence-corrected chi connectivity index (χ3v) is 9.67. The van der Waals surface area contributed by atoms with Crippen molar-refractivity contribution in [3.8, 4) is 0 Å². The summed E-state index contributed by atoms with van der Waals surface area (Å²) in [6.07, 6.45) is 3.88. The van der Waals surface area contributed by atoms with Gasteiger partial charge in [-0.1, -0.05) is 33.4 Å². The van der Waals surface area contributed by atoms with Crippen molar-refractivity contribution in [2.45, 2.75) is 90.8 Å². The Balaban J connectivity index is 1.73. The topological polar surface area (TPSA) is 65.0 Å². The zero-order valence-corrected chi connectivity index (χ0v) is 19.7. The lowest BCUT2D eigenvalue weighted by Gasteiger charge is -2.70. The van der Waals surface area contributed by atoms with Gasteiger partial charge in [-0.2, -0.15) is 0 Å². The summed E-state index contributed by atoms with van der Waals surface area (Å²) in [5.41, 5.74) is 1.23. The van der Waals surface area contributed by atoms with Gasteiger partial charge in [0, 0.05) is 24.2 Å². The standard InChI is InChI=1S/C26H38O5/c1-14-15(2)26-20-12-19-23(4,5)9-8-10-25(19,13-29-16(3)27)21(26)18(28)11-17(14)22(26)31-24(6,7)30-20/h17-22,28H,1-2,8-13H2,3-7H3/t17-,18-,19+,20+,21-,22+,25-,26+/m0/s1. The molecule has 4 saturated carbocycles. The maximum Gasteiger partial charge on any atom is 0.302 e. The third-order valence-electron chi connectivity index (χ3n) is 9.67. The van der Waals surface area contributed by atoms with Gasteiger partial charge in [0.15, 0.2) is 5.79 Å². The molecule has 5 rings (SSSR count). The minimum absolute atomic E-state index is 0.0587. The predicted molar refractivity (Wildman–Crippen MR) is 117 cm³/mol. The Morgan fingerprint density at radius 2 is 1.87 bits per heavy atom. The molecule has 0 unspecified atom stereocenters. The highest BCUT2D eigenvalue weighted by Gasteiger charge is 2.78. The van der Waals surface area contributed by atoms with Gasteiger partial charge in [0.2, 0.25) is 0 Å². The first-order valence-corrected chi connectivity index (χ1v) is 11.9. The Hall–Kier alpha value is -1.17. The van der Waals surface area contributed by atoms with Crippen LogP contribution in [0.2, 0.25) is 0 Å². The summed E-state index contributed by atoms with van der Waals surface area (Å²) in [5, 5.41) is 11.7. The fraction of sp³-hybridized carbons (Fsp3) is 0.808. The molecule has 0 aromatic heterocycles. The molecule has 0 aromatic rings. The molecule has 1 N–H and O–H groups in total. The maximum atomic E-state index is 11.9. The van der Waals surface area contributed by atoms with Gasteiger partial charge in [-0.3, -0.25) is 4.79 Å². The Morgan fingerprint density at radius 1 is 1.16 bits per heavy atom. The van der Waals surface area contributed by atoms with Crippen LogP contribution in [0.3, 0.4) is 0 Å². The lowest BCUT2D eigenvalue weighted by Crippen LogP contribution is -2.74. The van der Waals surface area contributed by atoms with Crippen LogP contribution in [0.5, 0.6) is 0 Å². The summed E-state index contributed by atoms with van der Waals surface area (Å²) in [6, 6.07) is 0. The fourth-order valence-electron chi connectivity index (χ4n) is 8.81. The highest BCUT2D eigenvalue weighted by atomic mass is 16.7. The highest BCUT2D eigenvalue weighted by molar-refractivity contribution is 5.66. The van der Waals surface area contributed by atoms with Crippen molar-refractivity contribution < 1.29 is 24.1 Å². The van der Waals surface area contributed by atoms with E-state index >= 15 is 0 Å². The molecule has 4 aliphatic carbocycles. The van der Waals surface area contributed by atoms with Crippen LogP contribution in [0.15, 0.2) is 24.3 Å². The monoisotopic (exact) mass is 430 g/mol. The van der Waals surface area contributed by atoms with Crippen molar-refractivity contribution in [3.05, 3.63) is 24.3 Å². The van der Waals surface area contributed by atoms with E-state index in [-0.39, 0.29) is 46.8 Å². The molecule has 0 radical (unpaired) electrons. The number of fused-ring (bicyclic) bond motifs is 2. The van der Waals surface area contributed by atoms with Crippen LogP contribution in [0.1, 0.15) is 66.7 Å². The first kappa shape index (κ1) is 21.7. The Bertz CT molecular complexity index is 843. The van der Waals surface area contributed by atoms with Crippen molar-refractivity contribution in [1.29, 1.82) is 0 Å². The first-order valence-electron chi connectivity index (χ1n) is 11.9. The minimum atomic E-state index is -0.691. The average molecular weight is 431 g/mol. The van der Waals surface area contributed by atoms with Gasteiger partial charge in [-0.25, -0.2) is 0 Å². The number of hydrogen-bond donors (Lipinski definition) is 1. The molecular formula is C26H38O5. The lowest BCUT2D eigenvalue weighted by molar-refractivity contribution is -0.393. The van der Waals surface area contributed by atoms with Crippen LogP contribution in [-0.2, 0) is 19.0 Å². The number of rotatable bonds is 2. The molecule has 172 valence electrons. The summed E-state index contributed by atoms with van der Waals surface area (Å²) < 4.78 is 19.1. The van der Waals surface area contributed by atoms with E-state index in [1.54, 1.807) is 0 Å². The number of esters is 1. The molecule has 2 bridgehead atoms. The molecule has 0 amide bonds. The van der Waals surface area contributed by atoms with E-state index < -0.39 is 17.3 Å². The van der Waals surface area contributed by atoms with Crippen LogP contribution in [0.4, 0.5) is 0 Å². The number of aliphatic hydroxyl groups excluding tert-OH is 1. The second-order valence-corrected chi connectivity index (χ2v) is 12.0. The van der Waals surface area contributed by atoms with Crippen molar-refractivity contribution in [2.24, 2.45) is 34.0 Å². The SMILES string of the molecule is C=C1C(=C)[C@@]23[C@@H]4OC(C)(C)O[C@@H]2C[C@@H]2C(C)(C)CCC[C@@]2(COC(C)=O)[C@@H]3[C@@H](O)C[C@@H]14. The number of carbonyl (C=O) groups excluding carboxylic acids is 1. The van der Waals surface area contributed by atoms with E-state index in [9.17, 15) is 9.90 Å². The Kier molecular flexibility index (Phi) is 4.51. The van der Waals surface area contributed by atoms with E-state index in [0.29, 0.717) is 13.0 Å². The molecule has 1 aliphatic heterocycles. The van der Waals surface area contributed by atoms with Crippen molar-refractivity contribution in [2.75, 3.05) is 6.61 Å². The van der Waals surface area contributed by atoms with Gasteiger partial charge in [0.1, 0.15) is 0 Å². The molecule has 5 heteroatoms. The molecule has 1 heterocycles. The van der Waals surface area contributed by atoms with Crippen LogP contribution in [0.25, 0.3) is 0 Å². The number of ether oxygens (including phenoxy) is 3. The highest BCUT2D eigenvalue weighted by Crippen LogP contribution is 2.75. The normalized spacial score (nSPS) is 49.2. The van der Waals surface area contributed by atoms with Crippen LogP contribution in [-0.4, -0.2) is 41.8 Å². The van der Waals surface area contributed by atoms with Crippen molar-refractivity contribution >= 4 is 5.97 Å².